The summed E-state index contributed by atoms with van der Waals surface area (Å²) in [6.45, 7) is 4.94. The normalized spacial score (nSPS) is 14.0. The van der Waals surface area contributed by atoms with Gasteiger partial charge in [0.2, 0.25) is 5.91 Å². The third kappa shape index (κ3) is 4.61. The molecule has 0 atom stereocenters. The minimum atomic E-state index is -0.156. The minimum absolute atomic E-state index is 0.0773. The summed E-state index contributed by atoms with van der Waals surface area (Å²) in [7, 11) is 0. The third-order valence-corrected chi connectivity index (χ3v) is 4.26. The number of carbonyl (C=O) groups excluding carboxylic acids is 2. The maximum absolute atomic E-state index is 12.6. The molecular weight excluding hydrogens is 330 g/mol. The number of ether oxygens (including phenoxy) is 1. The quantitative estimate of drug-likeness (QED) is 0.866. The molecule has 0 aliphatic carbocycles. The molecule has 1 aliphatic rings. The number of hydrogen-bond donors (Lipinski definition) is 2. The SMILES string of the molecule is CC(=O)NCc1ccc(C(=O)Nc2ccccc2N2CCOCC2)cc1. The number of rotatable bonds is 5. The van der Waals surface area contributed by atoms with Crippen LogP contribution in [-0.4, -0.2) is 38.1 Å². The highest BCUT2D eigenvalue weighted by atomic mass is 16.5. The highest BCUT2D eigenvalue weighted by Crippen LogP contribution is 2.26. The van der Waals surface area contributed by atoms with Gasteiger partial charge in [0.1, 0.15) is 0 Å². The molecule has 1 heterocycles. The Balaban J connectivity index is 1.69. The van der Waals surface area contributed by atoms with Crippen LogP contribution >= 0.6 is 0 Å². The first-order valence-electron chi connectivity index (χ1n) is 8.70. The van der Waals surface area contributed by atoms with Crippen molar-refractivity contribution in [2.75, 3.05) is 36.5 Å². The van der Waals surface area contributed by atoms with E-state index in [4.69, 9.17) is 4.74 Å². The van der Waals surface area contributed by atoms with E-state index in [1.54, 1.807) is 12.1 Å². The van der Waals surface area contributed by atoms with Crippen molar-refractivity contribution in [2.45, 2.75) is 13.5 Å². The Labute approximate surface area is 153 Å². The second kappa shape index (κ2) is 8.49. The van der Waals surface area contributed by atoms with Crippen molar-refractivity contribution in [3.8, 4) is 0 Å². The van der Waals surface area contributed by atoms with Gasteiger partial charge in [-0.3, -0.25) is 9.59 Å². The summed E-state index contributed by atoms with van der Waals surface area (Å²) in [5, 5.41) is 5.74. The van der Waals surface area contributed by atoms with Crippen molar-refractivity contribution in [1.82, 2.24) is 5.32 Å². The number of morpholine rings is 1. The fourth-order valence-corrected chi connectivity index (χ4v) is 2.85. The lowest BCUT2D eigenvalue weighted by atomic mass is 10.1. The topological polar surface area (TPSA) is 70.7 Å². The van der Waals surface area contributed by atoms with Crippen LogP contribution in [0.3, 0.4) is 0 Å². The maximum Gasteiger partial charge on any atom is 0.255 e. The van der Waals surface area contributed by atoms with E-state index in [0.29, 0.717) is 25.3 Å². The summed E-state index contributed by atoms with van der Waals surface area (Å²) in [6, 6.07) is 15.0. The zero-order chi connectivity index (χ0) is 18.4. The van der Waals surface area contributed by atoms with E-state index in [0.717, 1.165) is 30.0 Å². The standard InChI is InChI=1S/C20H23N3O3/c1-15(24)21-14-16-6-8-17(9-7-16)20(25)22-18-4-2-3-5-19(18)23-10-12-26-13-11-23/h2-9H,10-14H2,1H3,(H,21,24)(H,22,25). The van der Waals surface area contributed by atoms with Gasteiger partial charge in [0.25, 0.3) is 5.91 Å². The van der Waals surface area contributed by atoms with Gasteiger partial charge in [0.15, 0.2) is 0 Å². The van der Waals surface area contributed by atoms with E-state index >= 15 is 0 Å². The predicted octanol–water partition coefficient (Wildman–Crippen LogP) is 2.41. The van der Waals surface area contributed by atoms with Gasteiger partial charge in [-0.05, 0) is 29.8 Å². The predicted molar refractivity (Wildman–Crippen MR) is 101 cm³/mol. The zero-order valence-corrected chi connectivity index (χ0v) is 14.8. The number of amides is 2. The van der Waals surface area contributed by atoms with Crippen molar-refractivity contribution in [2.24, 2.45) is 0 Å². The molecule has 26 heavy (non-hydrogen) atoms. The molecule has 136 valence electrons. The fraction of sp³-hybridized carbons (Fsp3) is 0.300. The Morgan fingerprint density at radius 2 is 1.73 bits per heavy atom. The Morgan fingerprint density at radius 1 is 1.04 bits per heavy atom. The van der Waals surface area contributed by atoms with E-state index < -0.39 is 0 Å². The van der Waals surface area contributed by atoms with Crippen LogP contribution < -0.4 is 15.5 Å². The van der Waals surface area contributed by atoms with Crippen LogP contribution in [0.1, 0.15) is 22.8 Å². The molecule has 6 heteroatoms. The number of benzene rings is 2. The molecule has 6 nitrogen and oxygen atoms in total. The summed E-state index contributed by atoms with van der Waals surface area (Å²) < 4.78 is 5.40. The molecule has 1 saturated heterocycles. The number of anilines is 2. The van der Waals surface area contributed by atoms with Crippen molar-refractivity contribution in [3.05, 3.63) is 59.7 Å². The molecule has 0 bridgehead atoms. The van der Waals surface area contributed by atoms with Gasteiger partial charge < -0.3 is 20.3 Å². The molecule has 1 fully saturated rings. The van der Waals surface area contributed by atoms with E-state index in [-0.39, 0.29) is 11.8 Å². The van der Waals surface area contributed by atoms with Crippen molar-refractivity contribution >= 4 is 23.2 Å². The molecule has 3 rings (SSSR count). The van der Waals surface area contributed by atoms with Crippen LogP contribution in [0.2, 0.25) is 0 Å². The Hall–Kier alpha value is -2.86. The molecule has 2 aromatic rings. The first kappa shape index (κ1) is 17.9. The average molecular weight is 353 g/mol. The lowest BCUT2D eigenvalue weighted by Gasteiger charge is -2.30. The van der Waals surface area contributed by atoms with Crippen LogP contribution in [0.15, 0.2) is 48.5 Å². The van der Waals surface area contributed by atoms with Gasteiger partial charge in [-0.1, -0.05) is 24.3 Å². The molecule has 0 unspecified atom stereocenters. The fourth-order valence-electron chi connectivity index (χ4n) is 2.85. The summed E-state index contributed by atoms with van der Waals surface area (Å²) in [5.74, 6) is -0.233. The van der Waals surface area contributed by atoms with Crippen molar-refractivity contribution in [1.29, 1.82) is 0 Å². The van der Waals surface area contributed by atoms with E-state index in [1.165, 1.54) is 6.92 Å². The minimum Gasteiger partial charge on any atom is -0.378 e. The van der Waals surface area contributed by atoms with Gasteiger partial charge in [-0.2, -0.15) is 0 Å². The summed E-state index contributed by atoms with van der Waals surface area (Å²) in [4.78, 5) is 25.8. The summed E-state index contributed by atoms with van der Waals surface area (Å²) in [5.41, 5.74) is 3.33. The van der Waals surface area contributed by atoms with Crippen LogP contribution in [0, 0.1) is 0 Å². The number of para-hydroxylation sites is 2. The van der Waals surface area contributed by atoms with E-state index in [9.17, 15) is 9.59 Å². The average Bonchev–Trinajstić information content (AvgIpc) is 2.68. The second-order valence-corrected chi connectivity index (χ2v) is 6.18. The molecule has 0 aromatic heterocycles. The molecule has 2 N–H and O–H groups in total. The van der Waals surface area contributed by atoms with Crippen LogP contribution in [0.5, 0.6) is 0 Å². The second-order valence-electron chi connectivity index (χ2n) is 6.18. The molecule has 0 spiro atoms. The number of hydrogen-bond acceptors (Lipinski definition) is 4. The number of carbonyl (C=O) groups is 2. The molecule has 0 radical (unpaired) electrons. The largest absolute Gasteiger partial charge is 0.378 e. The summed E-state index contributed by atoms with van der Waals surface area (Å²) >= 11 is 0. The smallest absolute Gasteiger partial charge is 0.255 e. The molecule has 0 saturated carbocycles. The molecule has 2 amide bonds. The summed E-state index contributed by atoms with van der Waals surface area (Å²) in [6.07, 6.45) is 0. The Morgan fingerprint density at radius 3 is 2.42 bits per heavy atom. The first-order chi connectivity index (χ1) is 12.6. The van der Waals surface area contributed by atoms with Crippen LogP contribution in [0.25, 0.3) is 0 Å². The Bertz CT molecular complexity index is 768. The highest BCUT2D eigenvalue weighted by Gasteiger charge is 2.16. The molecule has 1 aliphatic heterocycles. The van der Waals surface area contributed by atoms with Gasteiger partial charge in [-0.25, -0.2) is 0 Å². The lowest BCUT2D eigenvalue weighted by Crippen LogP contribution is -2.36. The molecule has 2 aromatic carbocycles. The van der Waals surface area contributed by atoms with Gasteiger partial charge in [0, 0.05) is 32.1 Å². The first-order valence-corrected chi connectivity index (χ1v) is 8.70. The number of nitrogens with one attached hydrogen (secondary N) is 2. The van der Waals surface area contributed by atoms with Gasteiger partial charge >= 0.3 is 0 Å². The zero-order valence-electron chi connectivity index (χ0n) is 14.8. The van der Waals surface area contributed by atoms with Crippen molar-refractivity contribution in [3.63, 3.8) is 0 Å². The monoisotopic (exact) mass is 353 g/mol. The highest BCUT2D eigenvalue weighted by molar-refractivity contribution is 6.06. The van der Waals surface area contributed by atoms with E-state index in [2.05, 4.69) is 15.5 Å². The van der Waals surface area contributed by atoms with Gasteiger partial charge in [-0.15, -0.1) is 0 Å². The van der Waals surface area contributed by atoms with Crippen LogP contribution in [0.4, 0.5) is 11.4 Å². The van der Waals surface area contributed by atoms with E-state index in [1.807, 2.05) is 36.4 Å². The maximum atomic E-state index is 12.6. The van der Waals surface area contributed by atoms with Gasteiger partial charge in [0.05, 0.1) is 24.6 Å². The molecular formula is C20H23N3O3. The van der Waals surface area contributed by atoms with Crippen LogP contribution in [-0.2, 0) is 16.1 Å². The lowest BCUT2D eigenvalue weighted by molar-refractivity contribution is -0.119. The third-order valence-electron chi connectivity index (χ3n) is 4.26. The number of nitrogens with zero attached hydrogens (tertiary/aromatic N) is 1. The van der Waals surface area contributed by atoms with Crippen molar-refractivity contribution < 1.29 is 14.3 Å². The Kier molecular flexibility index (Phi) is 5.86.